The topological polar surface area (TPSA) is 125 Å². The number of nitrogens with two attached hydrogens (primary N) is 1. The molecule has 0 saturated heterocycles. The van der Waals surface area contributed by atoms with Crippen molar-refractivity contribution in [1.29, 1.82) is 0 Å². The van der Waals surface area contributed by atoms with Crippen LogP contribution in [0.1, 0.15) is 24.0 Å². The van der Waals surface area contributed by atoms with Gasteiger partial charge in [-0.15, -0.1) is 0 Å². The average molecular weight is 546 g/mol. The van der Waals surface area contributed by atoms with Gasteiger partial charge in [-0.3, -0.25) is 9.59 Å². The molecule has 0 aliphatic heterocycles. The number of phenols is 1. The zero-order chi connectivity index (χ0) is 25.8. The van der Waals surface area contributed by atoms with E-state index in [9.17, 15) is 19.5 Å². The fraction of sp³-hybridized carbons (Fsp3) is 0.269. The molecule has 0 heterocycles. The van der Waals surface area contributed by atoms with E-state index in [4.69, 9.17) is 19.9 Å². The first kappa shape index (κ1) is 27.9. The van der Waals surface area contributed by atoms with E-state index in [2.05, 4.69) is 5.82 Å². The quantitative estimate of drug-likeness (QED) is 0.129. The van der Waals surface area contributed by atoms with Crippen LogP contribution in [0.25, 0.3) is 12.2 Å². The number of aromatic hydroxyl groups is 1. The molecule has 0 fully saturated rings. The van der Waals surface area contributed by atoms with Crippen molar-refractivity contribution in [3.05, 3.63) is 59.7 Å². The summed E-state index contributed by atoms with van der Waals surface area (Å²) >= 11 is 0.433. The second-order valence-electron chi connectivity index (χ2n) is 7.43. The van der Waals surface area contributed by atoms with Crippen LogP contribution in [0.2, 0.25) is 11.1 Å². The van der Waals surface area contributed by atoms with Crippen molar-refractivity contribution >= 4 is 44.6 Å². The van der Waals surface area contributed by atoms with Crippen LogP contribution in [-0.2, 0) is 14.4 Å². The summed E-state index contributed by atoms with van der Waals surface area (Å²) in [6, 6.07) is 8.81. The van der Waals surface area contributed by atoms with E-state index in [1.54, 1.807) is 42.5 Å². The van der Waals surface area contributed by atoms with Gasteiger partial charge in [0.2, 0.25) is 0 Å². The number of hydrogen-bond acceptors (Lipinski definition) is 8. The van der Waals surface area contributed by atoms with Crippen LogP contribution in [0.15, 0.2) is 48.6 Å². The number of carbonyl (C=O) groups excluding carboxylic acids is 3. The van der Waals surface area contributed by atoms with Gasteiger partial charge in [-0.2, -0.15) is 0 Å². The van der Waals surface area contributed by atoms with Crippen molar-refractivity contribution in [2.24, 2.45) is 5.73 Å². The van der Waals surface area contributed by atoms with E-state index < -0.39 is 12.0 Å². The third-order valence-corrected chi connectivity index (χ3v) is 6.16. The Bertz CT molecular complexity index is 1110. The van der Waals surface area contributed by atoms with Gasteiger partial charge < -0.3 is 9.84 Å². The van der Waals surface area contributed by atoms with Crippen LogP contribution in [0.5, 0.6) is 23.0 Å². The van der Waals surface area contributed by atoms with Crippen molar-refractivity contribution in [2.75, 3.05) is 14.2 Å². The minimum atomic E-state index is -0.693. The number of allylic oxidation sites excluding steroid dienone is 2. The molecule has 1 unspecified atom stereocenters. The van der Waals surface area contributed by atoms with Crippen molar-refractivity contribution < 1.29 is 33.7 Å². The van der Waals surface area contributed by atoms with Crippen molar-refractivity contribution in [2.45, 2.75) is 30.0 Å². The Kier molecular flexibility index (Phi) is 11.2. The number of carbonyl (C=O) groups is 3. The number of ketones is 2. The van der Waals surface area contributed by atoms with Gasteiger partial charge in [0.1, 0.15) is 0 Å². The Balaban J connectivity index is 1.97. The molecule has 2 aromatic carbocycles. The molecule has 0 saturated carbocycles. The Morgan fingerprint density at radius 2 is 1.51 bits per heavy atom. The predicted molar refractivity (Wildman–Crippen MR) is 135 cm³/mol. The van der Waals surface area contributed by atoms with Gasteiger partial charge >= 0.3 is 125 Å². The van der Waals surface area contributed by atoms with Crippen LogP contribution < -0.4 is 19.9 Å². The molecule has 0 bridgehead atoms. The monoisotopic (exact) mass is 547 g/mol. The summed E-state index contributed by atoms with van der Waals surface area (Å²) in [6.07, 6.45) is 5.96. The van der Waals surface area contributed by atoms with Crippen LogP contribution in [0, 0.1) is 0 Å². The molecule has 1 atom stereocenters. The van der Waals surface area contributed by atoms with Crippen LogP contribution >= 0.6 is 0 Å². The van der Waals surface area contributed by atoms with Crippen molar-refractivity contribution in [3.8, 4) is 23.0 Å². The summed E-state index contributed by atoms with van der Waals surface area (Å²) < 4.78 is 15.7. The van der Waals surface area contributed by atoms with E-state index in [0.29, 0.717) is 38.3 Å². The number of esters is 1. The number of hydrogen-bond donors (Lipinski definition) is 2. The van der Waals surface area contributed by atoms with Crippen molar-refractivity contribution in [3.63, 3.8) is 0 Å². The van der Waals surface area contributed by atoms with Gasteiger partial charge in [0.05, 0.1) is 13.5 Å². The van der Waals surface area contributed by atoms with Crippen LogP contribution in [-0.4, -0.2) is 57.9 Å². The summed E-state index contributed by atoms with van der Waals surface area (Å²) in [5.74, 6) is 1.65. The molecule has 0 aliphatic carbocycles. The molecule has 3 N–H and O–H groups in total. The number of rotatable bonds is 13. The van der Waals surface area contributed by atoms with Gasteiger partial charge in [-0.1, -0.05) is 12.1 Å². The second-order valence-corrected chi connectivity index (χ2v) is 9.49. The Hall–Kier alpha value is -3.39. The number of benzene rings is 2. The van der Waals surface area contributed by atoms with Gasteiger partial charge in [-0.25, -0.2) is 0 Å². The zero-order valence-electron chi connectivity index (χ0n) is 19.9. The van der Waals surface area contributed by atoms with Crippen LogP contribution in [0.4, 0.5) is 0 Å². The summed E-state index contributed by atoms with van der Waals surface area (Å²) in [7, 11) is 2.87. The van der Waals surface area contributed by atoms with Gasteiger partial charge in [-0.05, 0) is 23.8 Å². The third kappa shape index (κ3) is 9.05. The third-order valence-electron chi connectivity index (χ3n) is 4.81. The van der Waals surface area contributed by atoms with E-state index in [0.717, 1.165) is 5.32 Å². The molecule has 0 amide bonds. The first-order chi connectivity index (χ1) is 16.8. The van der Waals surface area contributed by atoms with Crippen LogP contribution in [0.3, 0.4) is 0 Å². The molecule has 0 spiro atoms. The summed E-state index contributed by atoms with van der Waals surface area (Å²) in [5, 5.41) is 10.5. The molecule has 0 aliphatic rings. The maximum atomic E-state index is 12.2. The van der Waals surface area contributed by atoms with E-state index in [-0.39, 0.29) is 35.2 Å². The first-order valence-corrected chi connectivity index (χ1v) is 13.6. The number of methoxy groups -OCH3 is 2. The van der Waals surface area contributed by atoms with Crippen molar-refractivity contribution in [1.82, 2.24) is 0 Å². The Morgan fingerprint density at radius 1 is 0.943 bits per heavy atom. The smallest absolute Gasteiger partial charge is 0.157 e. The maximum absolute atomic E-state index is 12.2. The maximum Gasteiger partial charge on any atom is 0.157 e. The number of ether oxygens (including phenoxy) is 3. The molecule has 0 aromatic heterocycles. The molecule has 2 rings (SSSR count). The summed E-state index contributed by atoms with van der Waals surface area (Å²) in [4.78, 5) is 36.5. The fourth-order valence-corrected chi connectivity index (χ4v) is 3.91. The molecule has 2 aromatic rings. The second kappa shape index (κ2) is 14.1. The molecule has 186 valence electrons. The normalized spacial score (nSPS) is 12.0. The molecule has 8 nitrogen and oxygen atoms in total. The standard InChI is InChI=1S/C26H29NO7Se/c1-32-24-14-17(6-10-22(24)30)4-8-19(28)16-20(29)9-5-18-7-11-23(25(15-18)33-2)34-26(31)21(27)12-13-35-3/h4-11,14-15,21,30H,12-13,16,27H2,1-3H3/b8-4+,9-5+. The average Bonchev–Trinajstić information content (AvgIpc) is 2.85. The molecule has 9 heteroatoms. The molecular formula is C26H29NO7Se. The number of phenolic OH excluding ortho intramolecular Hbond substituents is 1. The van der Waals surface area contributed by atoms with Gasteiger partial charge in [0.15, 0.2) is 17.3 Å². The molecule has 0 radical (unpaired) electrons. The summed E-state index contributed by atoms with van der Waals surface area (Å²) in [6.45, 7) is 0. The van der Waals surface area contributed by atoms with E-state index in [1.165, 1.54) is 32.4 Å². The largest absolute Gasteiger partial charge is 0.504 e. The Morgan fingerprint density at radius 3 is 2.09 bits per heavy atom. The van der Waals surface area contributed by atoms with Gasteiger partial charge in [0.25, 0.3) is 0 Å². The SMILES string of the molecule is COc1cc(/C=C/C(=O)CC(=O)/C=C/c2ccc(OC(=O)C(N)CC[Se]C)c(OC)c2)ccc1O. The first-order valence-electron chi connectivity index (χ1n) is 10.7. The zero-order valence-corrected chi connectivity index (χ0v) is 21.6. The van der Waals surface area contributed by atoms with Gasteiger partial charge in [0, 0.05) is 0 Å². The predicted octanol–water partition coefficient (Wildman–Crippen LogP) is 3.46. The molecular weight excluding hydrogens is 517 g/mol. The summed E-state index contributed by atoms with van der Waals surface area (Å²) in [5.41, 5.74) is 7.15. The van der Waals surface area contributed by atoms with E-state index >= 15 is 0 Å². The minimum Gasteiger partial charge on any atom is -0.504 e. The Labute approximate surface area is 210 Å². The molecule has 35 heavy (non-hydrogen) atoms. The van der Waals surface area contributed by atoms with E-state index in [1.807, 2.05) is 0 Å². The fourth-order valence-electron chi connectivity index (χ4n) is 2.88. The minimum absolute atomic E-state index is 0.00437.